The molecule has 4 saturated carbocycles. The molecule has 21 heteroatoms. The van der Waals surface area contributed by atoms with Gasteiger partial charge in [0.05, 0.1) is 56.8 Å². The van der Waals surface area contributed by atoms with Crippen molar-refractivity contribution in [3.05, 3.63) is 11.6 Å². The van der Waals surface area contributed by atoms with E-state index in [2.05, 4.69) is 33.8 Å². The Balaban J connectivity index is 1.13. The molecule has 12 N–H and O–H groups in total. The number of esters is 1. The molecule has 27 atom stereocenters. The van der Waals surface area contributed by atoms with E-state index in [0.717, 1.165) is 5.57 Å². The summed E-state index contributed by atoms with van der Waals surface area (Å²) in [5, 5.41) is 136. The quantitative estimate of drug-likeness (QED) is 0.0430. The first-order valence-corrected chi connectivity index (χ1v) is 28.3. The van der Waals surface area contributed by atoms with Gasteiger partial charge in [-0.25, -0.2) is 4.79 Å². The molecule has 3 aliphatic heterocycles. The van der Waals surface area contributed by atoms with Crippen molar-refractivity contribution in [3.8, 4) is 0 Å². The molecular formula is C56H92O21. The van der Waals surface area contributed by atoms with Gasteiger partial charge in [-0.05, 0) is 90.8 Å². The minimum atomic E-state index is -1.97. The fourth-order valence-electron chi connectivity index (χ4n) is 16.6. The molecule has 8 aliphatic rings. The molecule has 0 amide bonds. The van der Waals surface area contributed by atoms with Crippen LogP contribution < -0.4 is 0 Å². The van der Waals surface area contributed by atoms with Gasteiger partial charge in [0, 0.05) is 16.7 Å². The number of rotatable bonds is 16. The molecule has 0 aromatic rings. The molecule has 21 nitrogen and oxygen atoms in total. The summed E-state index contributed by atoms with van der Waals surface area (Å²) in [5.74, 6) is -3.47. The summed E-state index contributed by atoms with van der Waals surface area (Å²) in [6.07, 6.45) is -22.0. The number of allylic oxidation sites excluding steroid dienone is 1. The van der Waals surface area contributed by atoms with Crippen molar-refractivity contribution in [2.45, 2.75) is 237 Å². The topological polar surface area (TPSA) is 342 Å². The predicted molar refractivity (Wildman–Crippen MR) is 270 cm³/mol. The molecule has 0 aromatic heterocycles. The first-order chi connectivity index (χ1) is 36.0. The normalized spacial score (nSPS) is 50.5. The Hall–Kier alpha value is -1.84. The van der Waals surface area contributed by atoms with Crippen molar-refractivity contribution >= 4 is 11.8 Å². The Morgan fingerprint density at radius 3 is 1.87 bits per heavy atom. The zero-order valence-corrected chi connectivity index (χ0v) is 46.6. The number of unbranched alkanes of at least 4 members (excludes halogenated alkanes) is 1. The number of aliphatic hydroxyl groups excluding tert-OH is 12. The van der Waals surface area contributed by atoms with Crippen LogP contribution in [-0.2, 0) is 42.7 Å². The lowest BCUT2D eigenvalue weighted by Crippen LogP contribution is -2.75. The summed E-state index contributed by atoms with van der Waals surface area (Å²) in [7, 11) is 0. The predicted octanol–water partition coefficient (Wildman–Crippen LogP) is 0.358. The van der Waals surface area contributed by atoms with Crippen LogP contribution >= 0.6 is 0 Å². The summed E-state index contributed by atoms with van der Waals surface area (Å²) >= 11 is 0. The van der Waals surface area contributed by atoms with Gasteiger partial charge in [-0.2, -0.15) is 0 Å². The summed E-state index contributed by atoms with van der Waals surface area (Å²) in [6, 6.07) is 0. The third-order valence-electron chi connectivity index (χ3n) is 21.6. The monoisotopic (exact) mass is 1100 g/mol. The van der Waals surface area contributed by atoms with Crippen LogP contribution in [0.2, 0.25) is 0 Å². The summed E-state index contributed by atoms with van der Waals surface area (Å²) in [6.45, 7) is 17.9. The van der Waals surface area contributed by atoms with E-state index >= 15 is 0 Å². The molecule has 0 bridgehead atoms. The Labute approximate surface area is 452 Å². The summed E-state index contributed by atoms with van der Waals surface area (Å²) < 4.78 is 42.7. The molecular weight excluding hydrogens is 1010 g/mol. The highest BCUT2D eigenvalue weighted by atomic mass is 16.8. The highest BCUT2D eigenvalue weighted by Gasteiger charge is 2.76. The number of carbonyl (C=O) groups excluding carboxylic acids is 2. The minimum Gasteiger partial charge on any atom is -0.464 e. The molecule has 442 valence electrons. The maximum Gasteiger partial charge on any atom is 0.338 e. The lowest BCUT2D eigenvalue weighted by Gasteiger charge is -2.73. The Morgan fingerprint density at radius 2 is 1.29 bits per heavy atom. The Kier molecular flexibility index (Phi) is 17.8. The third kappa shape index (κ3) is 9.54. The Bertz CT molecular complexity index is 2120. The first-order valence-electron chi connectivity index (χ1n) is 28.3. The fraction of sp³-hybridized carbons (Fsp3) is 0.929. The van der Waals surface area contributed by atoms with Gasteiger partial charge in [-0.3, -0.25) is 4.79 Å². The van der Waals surface area contributed by atoms with E-state index in [9.17, 15) is 70.9 Å². The van der Waals surface area contributed by atoms with Crippen molar-refractivity contribution in [2.24, 2.45) is 62.1 Å². The summed E-state index contributed by atoms with van der Waals surface area (Å²) in [4.78, 5) is 28.5. The average molecular weight is 1100 g/mol. The van der Waals surface area contributed by atoms with Gasteiger partial charge < -0.3 is 94.4 Å². The number of carbonyl (C=O) groups is 2. The van der Waals surface area contributed by atoms with Crippen LogP contribution in [0.25, 0.3) is 0 Å². The van der Waals surface area contributed by atoms with Crippen molar-refractivity contribution in [1.82, 2.24) is 0 Å². The first kappa shape index (κ1) is 61.2. The second-order valence-electron chi connectivity index (χ2n) is 26.2. The number of hydrogen-bond donors (Lipinski definition) is 12. The van der Waals surface area contributed by atoms with E-state index in [1.54, 1.807) is 6.92 Å². The number of ether oxygens (including phenoxy) is 7. The van der Waals surface area contributed by atoms with E-state index in [1.807, 2.05) is 34.6 Å². The number of ketones is 1. The third-order valence-corrected chi connectivity index (χ3v) is 21.6. The Morgan fingerprint density at radius 1 is 0.688 bits per heavy atom. The van der Waals surface area contributed by atoms with Crippen molar-refractivity contribution in [3.63, 3.8) is 0 Å². The molecule has 7 fully saturated rings. The highest BCUT2D eigenvalue weighted by Crippen LogP contribution is 2.76. The second kappa shape index (κ2) is 22.4. The minimum absolute atomic E-state index is 0.0353. The zero-order valence-electron chi connectivity index (χ0n) is 46.6. The number of fused-ring (bicyclic) bond motifs is 7. The van der Waals surface area contributed by atoms with Gasteiger partial charge in [0.25, 0.3) is 0 Å². The standard InChI is InChI=1S/C56H92O21/c1-11-13-20-71-47(70)43-41(75-48-38(64)36(62)29(23-58)73-48)40(66)42(76-49-39(65)37(63)35(61)28(22-57)72-49)50(77-43)74-32-17-18-53(8)30(52(32,6)7)16-19-54(9)31(53)15-14-26-27-21-51(4,5)44(67)33(34(60)25(3)12-2)56(27,24-59)46(69)45(68)55(26,54)10/h14,25,27-33,35-46,48-50,57-59,61-69H,11-13,15-24H2,1-10H3/t25?,27-,28+,29-,30-,31+,32-,33-,35+,36-,37-,38+,39+,40-,41-,42+,43-,44-,45-,46+,48-,49-,50+,53-,54+,55-,56+/m0/s1. The second-order valence-corrected chi connectivity index (χ2v) is 26.2. The smallest absolute Gasteiger partial charge is 0.338 e. The molecule has 8 rings (SSSR count). The highest BCUT2D eigenvalue weighted by molar-refractivity contribution is 5.85. The van der Waals surface area contributed by atoms with Gasteiger partial charge in [-0.1, -0.05) is 87.3 Å². The van der Waals surface area contributed by atoms with Crippen molar-refractivity contribution in [2.75, 3.05) is 26.4 Å². The molecule has 3 saturated heterocycles. The van der Waals surface area contributed by atoms with E-state index < -0.39 is 186 Å². The fourth-order valence-corrected chi connectivity index (χ4v) is 16.6. The largest absolute Gasteiger partial charge is 0.464 e. The van der Waals surface area contributed by atoms with Gasteiger partial charge in [0.1, 0.15) is 66.8 Å². The lowest BCUT2D eigenvalue weighted by molar-refractivity contribution is -0.383. The van der Waals surface area contributed by atoms with E-state index in [0.29, 0.717) is 57.8 Å². The number of Topliss-reactive ketones (excluding diaryl/α,β-unsaturated/α-hetero) is 1. The van der Waals surface area contributed by atoms with Crippen LogP contribution in [0.15, 0.2) is 11.6 Å². The zero-order chi connectivity index (χ0) is 56.9. The summed E-state index contributed by atoms with van der Waals surface area (Å²) in [5.41, 5.74) is -4.20. The van der Waals surface area contributed by atoms with Crippen molar-refractivity contribution in [1.29, 1.82) is 0 Å². The maximum absolute atomic E-state index is 14.4. The molecule has 77 heavy (non-hydrogen) atoms. The number of aliphatic hydroxyl groups is 12. The van der Waals surface area contributed by atoms with Gasteiger partial charge in [0.15, 0.2) is 25.0 Å². The van der Waals surface area contributed by atoms with Crippen LogP contribution in [0, 0.1) is 62.1 Å². The average Bonchev–Trinajstić information content (AvgIpc) is 3.86. The lowest BCUT2D eigenvalue weighted by atomic mass is 9.32. The maximum atomic E-state index is 14.4. The van der Waals surface area contributed by atoms with E-state index in [1.165, 1.54) is 0 Å². The molecule has 0 aromatic carbocycles. The number of hydrogen-bond acceptors (Lipinski definition) is 21. The van der Waals surface area contributed by atoms with Crippen LogP contribution in [-0.4, -0.2) is 210 Å². The SMILES string of the molecule is CCCCOC(=O)[C@H]1O[C@@H](O[C@H]2CC[C@]3(C)[C@H]4CC=C5[C@@H]6CC(C)(C)[C@@H](O)[C@H](C(=O)C(C)CC)[C@]6(CO)[C@H](O)[C@H](O)[C@@]5(C)[C@]4(C)CC[C@H]3C2(C)C)[C@H](O[C@@H]2O[C@H](CO)[C@@H](O)[C@H](O)[C@H]2O)[C@@H](O)[C@@H]1O[C@@H]1O[C@@H](CO)[C@H](O)[C@H]1O. The molecule has 1 unspecified atom stereocenters. The van der Waals surface area contributed by atoms with E-state index in [-0.39, 0.29) is 24.2 Å². The van der Waals surface area contributed by atoms with Crippen molar-refractivity contribution < 1.29 is 104 Å². The molecule has 0 spiro atoms. The molecule has 3 heterocycles. The van der Waals surface area contributed by atoms with Crippen LogP contribution in [0.1, 0.15) is 127 Å². The van der Waals surface area contributed by atoms with Gasteiger partial charge in [0.2, 0.25) is 0 Å². The van der Waals surface area contributed by atoms with E-state index in [4.69, 9.17) is 33.2 Å². The van der Waals surface area contributed by atoms with Crippen LogP contribution in [0.3, 0.4) is 0 Å². The van der Waals surface area contributed by atoms with Crippen LogP contribution in [0.4, 0.5) is 0 Å². The van der Waals surface area contributed by atoms with Crippen LogP contribution in [0.5, 0.6) is 0 Å². The van der Waals surface area contributed by atoms with Gasteiger partial charge >= 0.3 is 5.97 Å². The molecule has 0 radical (unpaired) electrons. The molecule has 5 aliphatic carbocycles. The van der Waals surface area contributed by atoms with Gasteiger partial charge in [-0.15, -0.1) is 0 Å².